The summed E-state index contributed by atoms with van der Waals surface area (Å²) in [6.45, 7) is 10.3. The van der Waals surface area contributed by atoms with Gasteiger partial charge in [-0.1, -0.05) is 6.07 Å². The van der Waals surface area contributed by atoms with Gasteiger partial charge in [0.1, 0.15) is 0 Å². The molecule has 0 bridgehead atoms. The third kappa shape index (κ3) is 3.14. The summed E-state index contributed by atoms with van der Waals surface area (Å²) in [5.41, 5.74) is 3.92. The van der Waals surface area contributed by atoms with Crippen LogP contribution < -0.4 is 5.32 Å². The van der Waals surface area contributed by atoms with Crippen molar-refractivity contribution in [2.24, 2.45) is 5.92 Å². The van der Waals surface area contributed by atoms with Crippen molar-refractivity contribution >= 4 is 10.0 Å². The summed E-state index contributed by atoms with van der Waals surface area (Å²) < 4.78 is 28.3. The molecular formula is C19H30N2O2S. The quantitative estimate of drug-likeness (QED) is 0.911. The molecule has 2 aliphatic rings. The molecular weight excluding hydrogens is 320 g/mol. The summed E-state index contributed by atoms with van der Waals surface area (Å²) in [4.78, 5) is 0.539. The molecule has 1 aromatic carbocycles. The summed E-state index contributed by atoms with van der Waals surface area (Å²) in [6, 6.07) is 2.68. The van der Waals surface area contributed by atoms with Crippen LogP contribution in [0, 0.1) is 33.6 Å². The summed E-state index contributed by atoms with van der Waals surface area (Å²) >= 11 is 0. The van der Waals surface area contributed by atoms with E-state index in [0.717, 1.165) is 41.6 Å². The molecule has 1 unspecified atom stereocenters. The van der Waals surface area contributed by atoms with Gasteiger partial charge in [-0.2, -0.15) is 4.31 Å². The zero-order chi connectivity index (χ0) is 17.5. The van der Waals surface area contributed by atoms with Crippen LogP contribution in [0.15, 0.2) is 11.0 Å². The molecule has 0 radical (unpaired) electrons. The second-order valence-electron chi connectivity index (χ2n) is 7.53. The Labute approximate surface area is 146 Å². The maximum absolute atomic E-state index is 13.3. The zero-order valence-corrected chi connectivity index (χ0v) is 16.2. The molecule has 0 aliphatic carbocycles. The van der Waals surface area contributed by atoms with E-state index < -0.39 is 10.0 Å². The first kappa shape index (κ1) is 17.9. The maximum atomic E-state index is 13.3. The summed E-state index contributed by atoms with van der Waals surface area (Å²) in [6.07, 6.45) is 4.44. The van der Waals surface area contributed by atoms with E-state index in [-0.39, 0.29) is 0 Å². The van der Waals surface area contributed by atoms with Crippen LogP contribution in [-0.4, -0.2) is 38.4 Å². The Bertz CT molecular complexity index is 687. The summed E-state index contributed by atoms with van der Waals surface area (Å²) in [5.74, 6) is 0.625. The Balaban J connectivity index is 1.82. The highest BCUT2D eigenvalue weighted by Crippen LogP contribution is 2.32. The van der Waals surface area contributed by atoms with Crippen LogP contribution in [-0.2, 0) is 10.0 Å². The van der Waals surface area contributed by atoms with Crippen molar-refractivity contribution in [2.45, 2.75) is 64.3 Å². The van der Waals surface area contributed by atoms with E-state index in [1.807, 2.05) is 27.7 Å². The second-order valence-corrected chi connectivity index (χ2v) is 9.41. The van der Waals surface area contributed by atoms with E-state index in [9.17, 15) is 8.42 Å². The number of benzene rings is 1. The molecule has 0 saturated carbocycles. The summed E-state index contributed by atoms with van der Waals surface area (Å²) in [7, 11) is -3.40. The van der Waals surface area contributed by atoms with Crippen molar-refractivity contribution in [2.75, 3.05) is 19.6 Å². The Kier molecular flexibility index (Phi) is 5.05. The number of aryl methyl sites for hydroxylation is 2. The minimum absolute atomic E-state index is 0.539. The van der Waals surface area contributed by atoms with Gasteiger partial charge in [-0.15, -0.1) is 0 Å². The van der Waals surface area contributed by atoms with Gasteiger partial charge in [0.2, 0.25) is 10.0 Å². The van der Waals surface area contributed by atoms with Crippen molar-refractivity contribution in [3.8, 4) is 0 Å². The van der Waals surface area contributed by atoms with Crippen molar-refractivity contribution in [1.82, 2.24) is 9.62 Å². The number of piperidine rings is 1. The van der Waals surface area contributed by atoms with E-state index in [2.05, 4.69) is 11.4 Å². The lowest BCUT2D eigenvalue weighted by atomic mass is 9.89. The van der Waals surface area contributed by atoms with Gasteiger partial charge < -0.3 is 5.32 Å². The van der Waals surface area contributed by atoms with E-state index in [1.54, 1.807) is 4.31 Å². The Hall–Kier alpha value is -0.910. The number of hydrogen-bond acceptors (Lipinski definition) is 3. The normalized spacial score (nSPS) is 23.8. The highest BCUT2D eigenvalue weighted by Gasteiger charge is 2.35. The molecule has 1 atom stereocenters. The molecule has 2 heterocycles. The first-order valence-electron chi connectivity index (χ1n) is 9.13. The lowest BCUT2D eigenvalue weighted by Crippen LogP contribution is -2.43. The minimum atomic E-state index is -3.40. The van der Waals surface area contributed by atoms with Gasteiger partial charge in [0.15, 0.2) is 0 Å². The van der Waals surface area contributed by atoms with E-state index in [0.29, 0.717) is 29.9 Å². The Morgan fingerprint density at radius 3 is 2.08 bits per heavy atom. The highest BCUT2D eigenvalue weighted by molar-refractivity contribution is 7.89. The zero-order valence-electron chi connectivity index (χ0n) is 15.4. The molecule has 4 nitrogen and oxygen atoms in total. The maximum Gasteiger partial charge on any atom is 0.243 e. The van der Waals surface area contributed by atoms with Gasteiger partial charge in [-0.3, -0.25) is 0 Å². The second kappa shape index (κ2) is 6.77. The fourth-order valence-electron chi connectivity index (χ4n) is 4.33. The standard InChI is InChI=1S/C19H30N2O2S/c1-13-12-14(2)16(4)19(15(13)3)24(22,23)21-10-7-17(8-11-21)18-6-5-9-20-18/h12,17-18,20H,5-11H2,1-4H3. The molecule has 1 aromatic rings. The fourth-order valence-corrected chi connectivity index (χ4v) is 6.37. The topological polar surface area (TPSA) is 49.4 Å². The molecule has 5 heteroatoms. The Morgan fingerprint density at radius 1 is 1.00 bits per heavy atom. The average Bonchev–Trinajstić information content (AvgIpc) is 3.07. The molecule has 2 fully saturated rings. The SMILES string of the molecule is Cc1cc(C)c(C)c(S(=O)(=O)N2CCC(C3CCCN3)CC2)c1C. The average molecular weight is 351 g/mol. The lowest BCUT2D eigenvalue weighted by Gasteiger charge is -2.35. The molecule has 0 spiro atoms. The van der Waals surface area contributed by atoms with Crippen LogP contribution in [0.2, 0.25) is 0 Å². The number of nitrogens with zero attached hydrogens (tertiary/aromatic N) is 1. The van der Waals surface area contributed by atoms with Crippen molar-refractivity contribution in [3.05, 3.63) is 28.3 Å². The molecule has 3 rings (SSSR count). The molecule has 0 amide bonds. The van der Waals surface area contributed by atoms with Crippen molar-refractivity contribution < 1.29 is 8.42 Å². The van der Waals surface area contributed by atoms with Crippen LogP contribution in [0.5, 0.6) is 0 Å². The van der Waals surface area contributed by atoms with E-state index in [1.165, 1.54) is 12.8 Å². The van der Waals surface area contributed by atoms with Gasteiger partial charge in [0.05, 0.1) is 4.90 Å². The predicted octanol–water partition coefficient (Wildman–Crippen LogP) is 3.07. The molecule has 24 heavy (non-hydrogen) atoms. The van der Waals surface area contributed by atoms with Crippen LogP contribution in [0.4, 0.5) is 0 Å². The van der Waals surface area contributed by atoms with Crippen LogP contribution >= 0.6 is 0 Å². The van der Waals surface area contributed by atoms with Gasteiger partial charge in [-0.25, -0.2) is 8.42 Å². The van der Waals surface area contributed by atoms with Gasteiger partial charge in [0.25, 0.3) is 0 Å². The van der Waals surface area contributed by atoms with Gasteiger partial charge in [-0.05, 0) is 88.1 Å². The Morgan fingerprint density at radius 2 is 1.58 bits per heavy atom. The number of hydrogen-bond donors (Lipinski definition) is 1. The molecule has 0 aromatic heterocycles. The lowest BCUT2D eigenvalue weighted by molar-refractivity contribution is 0.234. The van der Waals surface area contributed by atoms with Crippen LogP contribution in [0.1, 0.15) is 47.9 Å². The van der Waals surface area contributed by atoms with E-state index in [4.69, 9.17) is 0 Å². The van der Waals surface area contributed by atoms with Crippen molar-refractivity contribution in [3.63, 3.8) is 0 Å². The number of nitrogens with one attached hydrogen (secondary N) is 1. The summed E-state index contributed by atoms with van der Waals surface area (Å²) in [5, 5.41) is 3.58. The number of sulfonamides is 1. The third-order valence-electron chi connectivity index (χ3n) is 6.06. The van der Waals surface area contributed by atoms with Gasteiger partial charge >= 0.3 is 0 Å². The van der Waals surface area contributed by atoms with Crippen LogP contribution in [0.3, 0.4) is 0 Å². The van der Waals surface area contributed by atoms with Crippen molar-refractivity contribution in [1.29, 1.82) is 0 Å². The molecule has 2 saturated heterocycles. The largest absolute Gasteiger partial charge is 0.314 e. The fraction of sp³-hybridized carbons (Fsp3) is 0.684. The smallest absolute Gasteiger partial charge is 0.243 e. The highest BCUT2D eigenvalue weighted by atomic mass is 32.2. The minimum Gasteiger partial charge on any atom is -0.314 e. The first-order chi connectivity index (χ1) is 11.3. The van der Waals surface area contributed by atoms with Gasteiger partial charge in [0, 0.05) is 19.1 Å². The molecule has 2 aliphatic heterocycles. The molecule has 134 valence electrons. The van der Waals surface area contributed by atoms with Crippen LogP contribution in [0.25, 0.3) is 0 Å². The van der Waals surface area contributed by atoms with E-state index >= 15 is 0 Å². The first-order valence-corrected chi connectivity index (χ1v) is 10.6. The number of rotatable bonds is 3. The predicted molar refractivity (Wildman–Crippen MR) is 97.9 cm³/mol. The molecule has 1 N–H and O–H groups in total. The third-order valence-corrected chi connectivity index (χ3v) is 8.23. The monoisotopic (exact) mass is 350 g/mol.